The van der Waals surface area contributed by atoms with Crippen molar-refractivity contribution in [2.45, 2.75) is 26.7 Å². The highest BCUT2D eigenvalue weighted by molar-refractivity contribution is 6.03. The number of ketones is 2. The van der Waals surface area contributed by atoms with E-state index in [2.05, 4.69) is 9.97 Å². The van der Waals surface area contributed by atoms with Crippen LogP contribution < -0.4 is 4.74 Å². The molecule has 5 heteroatoms. The maximum absolute atomic E-state index is 12.3. The second-order valence-electron chi connectivity index (χ2n) is 5.18. The Morgan fingerprint density at radius 1 is 1.08 bits per heavy atom. The fourth-order valence-corrected chi connectivity index (χ4v) is 2.48. The Labute approximate surface area is 147 Å². The zero-order valence-electron chi connectivity index (χ0n) is 14.7. The summed E-state index contributed by atoms with van der Waals surface area (Å²) in [5.74, 6) is 0.175. The molecule has 0 fully saturated rings. The molecule has 5 nitrogen and oxygen atoms in total. The van der Waals surface area contributed by atoms with Crippen LogP contribution in [-0.4, -0.2) is 28.6 Å². The summed E-state index contributed by atoms with van der Waals surface area (Å²) in [6, 6.07) is 10.8. The molecule has 0 aliphatic rings. The van der Waals surface area contributed by atoms with Gasteiger partial charge >= 0.3 is 0 Å². The standard InChI is InChI=1S/C18H16N2O3.C2H6/c1-23-17-3-2-9-20-18(17)16(22)7-6-15(21)13-4-5-14-12(11-13)8-10-19-14;1-2/h2-5,8-11,19H,6-7H2,1H3;1-2H3. The van der Waals surface area contributed by atoms with Crippen LogP contribution in [0.3, 0.4) is 0 Å². The number of rotatable bonds is 6. The van der Waals surface area contributed by atoms with Crippen molar-refractivity contribution in [2.24, 2.45) is 0 Å². The number of fused-ring (bicyclic) bond motifs is 1. The maximum Gasteiger partial charge on any atom is 0.185 e. The van der Waals surface area contributed by atoms with Gasteiger partial charge in [-0.1, -0.05) is 13.8 Å². The third-order valence-electron chi connectivity index (χ3n) is 3.71. The molecule has 0 aliphatic carbocycles. The molecule has 0 saturated heterocycles. The molecule has 1 aromatic carbocycles. The van der Waals surface area contributed by atoms with Crippen molar-refractivity contribution in [3.8, 4) is 5.75 Å². The normalized spacial score (nSPS) is 10.0. The molecule has 2 heterocycles. The highest BCUT2D eigenvalue weighted by atomic mass is 16.5. The summed E-state index contributed by atoms with van der Waals surface area (Å²) >= 11 is 0. The number of hydrogen-bond acceptors (Lipinski definition) is 4. The lowest BCUT2D eigenvalue weighted by atomic mass is 10.0. The van der Waals surface area contributed by atoms with Crippen molar-refractivity contribution in [3.05, 3.63) is 60.0 Å². The Kier molecular flexibility index (Phi) is 6.46. The molecule has 0 atom stereocenters. The highest BCUT2D eigenvalue weighted by Crippen LogP contribution is 2.19. The Bertz CT molecular complexity index is 868. The Morgan fingerprint density at radius 2 is 1.84 bits per heavy atom. The molecule has 25 heavy (non-hydrogen) atoms. The van der Waals surface area contributed by atoms with Gasteiger partial charge in [-0.2, -0.15) is 0 Å². The molecule has 0 amide bonds. The van der Waals surface area contributed by atoms with Gasteiger partial charge in [-0.3, -0.25) is 9.59 Å². The van der Waals surface area contributed by atoms with E-state index in [1.807, 2.05) is 38.2 Å². The van der Waals surface area contributed by atoms with Gasteiger partial charge in [0.15, 0.2) is 11.6 Å². The van der Waals surface area contributed by atoms with Crippen molar-refractivity contribution < 1.29 is 14.3 Å². The fraction of sp³-hybridized carbons (Fsp3) is 0.250. The number of ether oxygens (including phenoxy) is 1. The van der Waals surface area contributed by atoms with Crippen LogP contribution in [0.15, 0.2) is 48.8 Å². The molecule has 0 saturated carbocycles. The van der Waals surface area contributed by atoms with E-state index in [1.54, 1.807) is 18.2 Å². The smallest absolute Gasteiger partial charge is 0.185 e. The molecular formula is C20H22N2O3. The van der Waals surface area contributed by atoms with Crippen LogP contribution >= 0.6 is 0 Å². The lowest BCUT2D eigenvalue weighted by Gasteiger charge is -2.06. The van der Waals surface area contributed by atoms with Gasteiger partial charge in [-0.25, -0.2) is 4.98 Å². The summed E-state index contributed by atoms with van der Waals surface area (Å²) in [5.41, 5.74) is 1.86. The van der Waals surface area contributed by atoms with Crippen LogP contribution in [0.2, 0.25) is 0 Å². The Hall–Kier alpha value is -2.95. The number of pyridine rings is 1. The number of H-pyrrole nitrogens is 1. The van der Waals surface area contributed by atoms with Crippen LogP contribution in [-0.2, 0) is 0 Å². The predicted molar refractivity (Wildman–Crippen MR) is 98.3 cm³/mol. The van der Waals surface area contributed by atoms with Gasteiger partial charge in [-0.05, 0) is 36.4 Å². The number of nitrogens with zero attached hydrogens (tertiary/aromatic N) is 1. The first-order valence-corrected chi connectivity index (χ1v) is 8.31. The summed E-state index contributed by atoms with van der Waals surface area (Å²) in [7, 11) is 1.49. The van der Waals surface area contributed by atoms with Crippen LogP contribution in [0.4, 0.5) is 0 Å². The van der Waals surface area contributed by atoms with Gasteiger partial charge < -0.3 is 9.72 Å². The number of Topliss-reactive ketones (excluding diaryl/α,β-unsaturated/α-hetero) is 2. The summed E-state index contributed by atoms with van der Waals surface area (Å²) in [4.78, 5) is 31.6. The average Bonchev–Trinajstić information content (AvgIpc) is 3.15. The van der Waals surface area contributed by atoms with Crippen LogP contribution in [0.25, 0.3) is 10.9 Å². The van der Waals surface area contributed by atoms with E-state index in [4.69, 9.17) is 4.74 Å². The molecule has 2 aromatic heterocycles. The first kappa shape index (κ1) is 18.4. The first-order valence-electron chi connectivity index (χ1n) is 8.31. The second-order valence-corrected chi connectivity index (χ2v) is 5.18. The molecule has 0 bridgehead atoms. The van der Waals surface area contributed by atoms with Gasteiger partial charge in [0.05, 0.1) is 7.11 Å². The molecule has 3 aromatic rings. The number of benzene rings is 1. The summed E-state index contributed by atoms with van der Waals surface area (Å²) < 4.78 is 5.13. The second kappa shape index (κ2) is 8.78. The number of hydrogen-bond donors (Lipinski definition) is 1. The van der Waals surface area contributed by atoms with Crippen LogP contribution in [0.1, 0.15) is 47.5 Å². The molecule has 0 aliphatic heterocycles. The van der Waals surface area contributed by atoms with E-state index in [-0.39, 0.29) is 30.1 Å². The van der Waals surface area contributed by atoms with Crippen LogP contribution in [0, 0.1) is 0 Å². The van der Waals surface area contributed by atoms with E-state index in [1.165, 1.54) is 13.3 Å². The van der Waals surface area contributed by atoms with Gasteiger partial charge in [0, 0.05) is 41.7 Å². The molecule has 3 rings (SSSR count). The molecule has 1 N–H and O–H groups in total. The monoisotopic (exact) mass is 338 g/mol. The van der Waals surface area contributed by atoms with Gasteiger partial charge in [-0.15, -0.1) is 0 Å². The number of nitrogens with one attached hydrogen (secondary N) is 1. The zero-order valence-corrected chi connectivity index (χ0v) is 14.7. The molecule has 0 unspecified atom stereocenters. The summed E-state index contributed by atoms with van der Waals surface area (Å²) in [6.07, 6.45) is 3.62. The minimum absolute atomic E-state index is 0.0589. The third kappa shape index (κ3) is 4.32. The van der Waals surface area contributed by atoms with Gasteiger partial charge in [0.1, 0.15) is 11.4 Å². The number of aromatic nitrogens is 2. The van der Waals surface area contributed by atoms with E-state index in [9.17, 15) is 9.59 Å². The van der Waals surface area contributed by atoms with Crippen molar-refractivity contribution in [1.29, 1.82) is 0 Å². The highest BCUT2D eigenvalue weighted by Gasteiger charge is 2.16. The van der Waals surface area contributed by atoms with Crippen molar-refractivity contribution >= 4 is 22.5 Å². The largest absolute Gasteiger partial charge is 0.494 e. The topological polar surface area (TPSA) is 72.0 Å². The maximum atomic E-state index is 12.3. The van der Waals surface area contributed by atoms with E-state index in [0.717, 1.165) is 10.9 Å². The number of carbonyl (C=O) groups is 2. The summed E-state index contributed by atoms with van der Waals surface area (Å²) in [5, 5.41) is 0.980. The molecular weight excluding hydrogens is 316 g/mol. The van der Waals surface area contributed by atoms with Crippen molar-refractivity contribution in [3.63, 3.8) is 0 Å². The SMILES string of the molecule is CC.COc1cccnc1C(=O)CCC(=O)c1ccc2[nH]ccc2c1. The fourth-order valence-electron chi connectivity index (χ4n) is 2.48. The van der Waals surface area contributed by atoms with E-state index in [0.29, 0.717) is 11.3 Å². The van der Waals surface area contributed by atoms with Gasteiger partial charge in [0.2, 0.25) is 0 Å². The lowest BCUT2D eigenvalue weighted by Crippen LogP contribution is -2.08. The third-order valence-corrected chi connectivity index (χ3v) is 3.71. The van der Waals surface area contributed by atoms with Gasteiger partial charge in [0.25, 0.3) is 0 Å². The number of carbonyl (C=O) groups excluding carboxylic acids is 2. The first-order chi connectivity index (χ1) is 12.2. The Balaban J connectivity index is 0.00000109. The number of aromatic amines is 1. The molecule has 130 valence electrons. The lowest BCUT2D eigenvalue weighted by molar-refractivity contribution is 0.0913. The number of methoxy groups -OCH3 is 1. The summed E-state index contributed by atoms with van der Waals surface area (Å²) in [6.45, 7) is 4.00. The molecule has 0 radical (unpaired) electrons. The average molecular weight is 338 g/mol. The predicted octanol–water partition coefficient (Wildman–Crippen LogP) is 4.44. The van der Waals surface area contributed by atoms with E-state index < -0.39 is 0 Å². The van der Waals surface area contributed by atoms with Crippen molar-refractivity contribution in [2.75, 3.05) is 7.11 Å². The van der Waals surface area contributed by atoms with Crippen LogP contribution in [0.5, 0.6) is 5.75 Å². The van der Waals surface area contributed by atoms with Crippen molar-refractivity contribution in [1.82, 2.24) is 9.97 Å². The van der Waals surface area contributed by atoms with E-state index >= 15 is 0 Å². The quantitative estimate of drug-likeness (QED) is 0.674. The Morgan fingerprint density at radius 3 is 2.60 bits per heavy atom. The minimum atomic E-state index is -0.196. The zero-order chi connectivity index (χ0) is 18.2. The molecule has 0 spiro atoms. The minimum Gasteiger partial charge on any atom is -0.494 e.